The van der Waals surface area contributed by atoms with Crippen molar-refractivity contribution in [2.75, 3.05) is 5.32 Å². The lowest BCUT2D eigenvalue weighted by Gasteiger charge is -2.09. The number of carbonyl (C=O) groups is 1. The Balaban J connectivity index is 1.64. The lowest BCUT2D eigenvalue weighted by molar-refractivity contribution is -0.112. The number of nitrogens with one attached hydrogen (secondary N) is 1. The van der Waals surface area contributed by atoms with E-state index in [2.05, 4.69) is 11.4 Å². The van der Waals surface area contributed by atoms with E-state index < -0.39 is 11.7 Å². The van der Waals surface area contributed by atoms with Gasteiger partial charge in [-0.15, -0.1) is 0 Å². The summed E-state index contributed by atoms with van der Waals surface area (Å²) in [6.07, 6.45) is 3.41. The number of nitrogens with zero attached hydrogens (tertiary/aromatic N) is 2. The van der Waals surface area contributed by atoms with E-state index in [1.807, 2.05) is 65.4 Å². The van der Waals surface area contributed by atoms with Gasteiger partial charge in [0.05, 0.1) is 0 Å². The standard InChI is InChI=1S/C24H16FN3O/c25-20-8-10-21(11-9-20)27-24(29)19(16-26)15-22-6-3-13-28(22)23-12-7-17-4-1-2-5-18(17)14-23/h1-15H,(H,27,29)/b19-15-. The highest BCUT2D eigenvalue weighted by molar-refractivity contribution is 6.09. The van der Waals surface area contributed by atoms with Crippen LogP contribution in [0.5, 0.6) is 0 Å². The Morgan fingerprint density at radius 3 is 2.48 bits per heavy atom. The van der Waals surface area contributed by atoms with E-state index in [0.717, 1.165) is 16.5 Å². The summed E-state index contributed by atoms with van der Waals surface area (Å²) in [6.45, 7) is 0. The molecule has 0 aliphatic heterocycles. The third kappa shape index (κ3) is 3.92. The van der Waals surface area contributed by atoms with E-state index in [0.29, 0.717) is 11.4 Å². The zero-order valence-electron chi connectivity index (χ0n) is 15.3. The Kier molecular flexibility index (Phi) is 4.91. The third-order valence-corrected chi connectivity index (χ3v) is 4.55. The first-order valence-corrected chi connectivity index (χ1v) is 8.99. The molecule has 4 nitrogen and oxygen atoms in total. The van der Waals surface area contributed by atoms with Gasteiger partial charge in [0.1, 0.15) is 17.5 Å². The molecule has 0 aliphatic rings. The van der Waals surface area contributed by atoms with Gasteiger partial charge in [-0.05, 0) is 65.4 Å². The fourth-order valence-corrected chi connectivity index (χ4v) is 3.10. The lowest BCUT2D eigenvalue weighted by Crippen LogP contribution is -2.13. The highest BCUT2D eigenvalue weighted by Crippen LogP contribution is 2.21. The quantitative estimate of drug-likeness (QED) is 0.384. The Morgan fingerprint density at radius 2 is 1.72 bits per heavy atom. The molecular formula is C24H16FN3O. The maximum absolute atomic E-state index is 13.0. The lowest BCUT2D eigenvalue weighted by atomic mass is 10.1. The van der Waals surface area contributed by atoms with Gasteiger partial charge in [-0.1, -0.05) is 30.3 Å². The zero-order valence-corrected chi connectivity index (χ0v) is 15.3. The van der Waals surface area contributed by atoms with Gasteiger partial charge in [-0.25, -0.2) is 4.39 Å². The van der Waals surface area contributed by atoms with Crippen molar-refractivity contribution < 1.29 is 9.18 Å². The normalized spacial score (nSPS) is 11.2. The maximum atomic E-state index is 13.0. The second kappa shape index (κ2) is 7.83. The Labute approximate surface area is 167 Å². The van der Waals surface area contributed by atoms with Crippen molar-refractivity contribution in [1.29, 1.82) is 5.26 Å². The summed E-state index contributed by atoms with van der Waals surface area (Å²) in [5.74, 6) is -0.947. The first-order chi connectivity index (χ1) is 14.1. The van der Waals surface area contributed by atoms with Crippen molar-refractivity contribution in [3.05, 3.63) is 102 Å². The molecule has 140 valence electrons. The summed E-state index contributed by atoms with van der Waals surface area (Å²) in [7, 11) is 0. The molecule has 4 aromatic rings. The summed E-state index contributed by atoms with van der Waals surface area (Å²) in [4.78, 5) is 12.5. The van der Waals surface area contributed by atoms with Crippen molar-refractivity contribution in [2.45, 2.75) is 0 Å². The number of nitriles is 1. The van der Waals surface area contributed by atoms with E-state index in [9.17, 15) is 14.4 Å². The summed E-state index contributed by atoms with van der Waals surface area (Å²) in [6, 6.07) is 25.1. The Bertz CT molecular complexity index is 1260. The maximum Gasteiger partial charge on any atom is 0.266 e. The molecule has 0 saturated carbocycles. The molecule has 1 aromatic heterocycles. The summed E-state index contributed by atoms with van der Waals surface area (Å²) in [5.41, 5.74) is 2.00. The molecule has 1 heterocycles. The molecule has 0 saturated heterocycles. The van der Waals surface area contributed by atoms with Gasteiger partial charge in [0.25, 0.3) is 5.91 Å². The number of benzene rings is 3. The molecule has 4 rings (SSSR count). The SMILES string of the molecule is N#C/C(=C/c1cccn1-c1ccc2ccccc2c1)C(=O)Nc1ccc(F)cc1. The monoisotopic (exact) mass is 381 g/mol. The number of halogens is 1. The van der Waals surface area contributed by atoms with Crippen LogP contribution in [0.1, 0.15) is 5.69 Å². The number of fused-ring (bicyclic) bond motifs is 1. The van der Waals surface area contributed by atoms with Crippen LogP contribution in [0.3, 0.4) is 0 Å². The highest BCUT2D eigenvalue weighted by atomic mass is 19.1. The van der Waals surface area contributed by atoms with Crippen molar-refractivity contribution in [2.24, 2.45) is 0 Å². The van der Waals surface area contributed by atoms with Crippen LogP contribution in [-0.2, 0) is 4.79 Å². The van der Waals surface area contributed by atoms with Gasteiger partial charge in [0.15, 0.2) is 0 Å². The average Bonchev–Trinajstić information content (AvgIpc) is 3.21. The molecule has 0 bridgehead atoms. The van der Waals surface area contributed by atoms with Gasteiger partial charge >= 0.3 is 0 Å². The minimum absolute atomic E-state index is 0.0462. The van der Waals surface area contributed by atoms with Crippen molar-refractivity contribution >= 4 is 28.4 Å². The Morgan fingerprint density at radius 1 is 0.966 bits per heavy atom. The number of amides is 1. The van der Waals surface area contributed by atoms with E-state index in [1.54, 1.807) is 0 Å². The molecule has 0 radical (unpaired) electrons. The summed E-state index contributed by atoms with van der Waals surface area (Å²) >= 11 is 0. The number of anilines is 1. The smallest absolute Gasteiger partial charge is 0.266 e. The van der Waals surface area contributed by atoms with Gasteiger partial charge in [0.2, 0.25) is 0 Å². The largest absolute Gasteiger partial charge is 0.321 e. The average molecular weight is 381 g/mol. The number of rotatable bonds is 4. The minimum Gasteiger partial charge on any atom is -0.321 e. The molecule has 0 unspecified atom stereocenters. The second-order valence-electron chi connectivity index (χ2n) is 6.47. The molecule has 29 heavy (non-hydrogen) atoms. The highest BCUT2D eigenvalue weighted by Gasteiger charge is 2.11. The van der Waals surface area contributed by atoms with Crippen molar-refractivity contribution in [3.63, 3.8) is 0 Å². The van der Waals surface area contributed by atoms with Crippen LogP contribution in [0, 0.1) is 17.1 Å². The fourth-order valence-electron chi connectivity index (χ4n) is 3.10. The molecule has 1 N–H and O–H groups in total. The number of carbonyl (C=O) groups excluding carboxylic acids is 1. The van der Waals surface area contributed by atoms with Crippen LogP contribution in [0.25, 0.3) is 22.5 Å². The predicted molar refractivity (Wildman–Crippen MR) is 112 cm³/mol. The van der Waals surface area contributed by atoms with E-state index in [-0.39, 0.29) is 5.57 Å². The first-order valence-electron chi connectivity index (χ1n) is 8.99. The van der Waals surface area contributed by atoms with Crippen LogP contribution in [0.15, 0.2) is 90.6 Å². The van der Waals surface area contributed by atoms with Crippen molar-refractivity contribution in [1.82, 2.24) is 4.57 Å². The molecule has 0 aliphatic carbocycles. The van der Waals surface area contributed by atoms with E-state index in [4.69, 9.17) is 0 Å². The molecule has 1 amide bonds. The summed E-state index contributed by atoms with van der Waals surface area (Å²) in [5, 5.41) is 14.3. The van der Waals surface area contributed by atoms with Crippen molar-refractivity contribution in [3.8, 4) is 11.8 Å². The van der Waals surface area contributed by atoms with Crippen LogP contribution < -0.4 is 5.32 Å². The van der Waals surface area contributed by atoms with Crippen LogP contribution in [-0.4, -0.2) is 10.5 Å². The van der Waals surface area contributed by atoms with Gasteiger partial charge in [0, 0.05) is 23.3 Å². The van der Waals surface area contributed by atoms with Crippen LogP contribution in [0.4, 0.5) is 10.1 Å². The molecular weight excluding hydrogens is 365 g/mol. The van der Waals surface area contributed by atoms with Crippen LogP contribution >= 0.6 is 0 Å². The van der Waals surface area contributed by atoms with Gasteiger partial charge in [-0.2, -0.15) is 5.26 Å². The summed E-state index contributed by atoms with van der Waals surface area (Å²) < 4.78 is 14.9. The third-order valence-electron chi connectivity index (χ3n) is 4.55. The number of aromatic nitrogens is 1. The molecule has 3 aromatic carbocycles. The Hall–Kier alpha value is -4.17. The molecule has 5 heteroatoms. The fraction of sp³-hybridized carbons (Fsp3) is 0. The van der Waals surface area contributed by atoms with E-state index in [1.165, 1.54) is 30.3 Å². The second-order valence-corrected chi connectivity index (χ2v) is 6.47. The van der Waals surface area contributed by atoms with E-state index >= 15 is 0 Å². The number of hydrogen-bond acceptors (Lipinski definition) is 2. The van der Waals surface area contributed by atoms with Crippen LogP contribution in [0.2, 0.25) is 0 Å². The predicted octanol–water partition coefficient (Wildman–Crippen LogP) is 5.32. The molecule has 0 fully saturated rings. The van der Waals surface area contributed by atoms with Gasteiger partial charge in [-0.3, -0.25) is 4.79 Å². The minimum atomic E-state index is -0.551. The van der Waals surface area contributed by atoms with Gasteiger partial charge < -0.3 is 9.88 Å². The molecule has 0 atom stereocenters. The molecule has 0 spiro atoms. The topological polar surface area (TPSA) is 57.8 Å². The number of hydrogen-bond donors (Lipinski definition) is 1. The first kappa shape index (κ1) is 18.2. The zero-order chi connectivity index (χ0) is 20.2.